The number of hydrogen-bond donors (Lipinski definition) is 0. The van der Waals surface area contributed by atoms with Gasteiger partial charge in [-0.3, -0.25) is 0 Å². The molecule has 3 rings (SSSR count). The Labute approximate surface area is 130 Å². The van der Waals surface area contributed by atoms with Crippen molar-refractivity contribution < 1.29 is 9.47 Å². The maximum absolute atomic E-state index is 6.33. The van der Waals surface area contributed by atoms with E-state index >= 15 is 0 Å². The van der Waals surface area contributed by atoms with Crippen LogP contribution in [-0.4, -0.2) is 18.3 Å². The van der Waals surface area contributed by atoms with Gasteiger partial charge in [-0.1, -0.05) is 25.3 Å². The average molecular weight is 339 g/mol. The number of aryl methyl sites for hydroxylation is 1. The van der Waals surface area contributed by atoms with Crippen LogP contribution in [0.2, 0.25) is 0 Å². The summed E-state index contributed by atoms with van der Waals surface area (Å²) in [5.74, 6) is 0.920. The number of benzene rings is 1. The topological polar surface area (TPSA) is 18.5 Å². The molecule has 1 aliphatic carbocycles. The standard InChI is InChI=1S/C17H23BrO2/c1-13-5-6-16(15(18)11-13)19-12-14-7-10-17(20-14)8-3-2-4-9-17/h5-6,11,14H,2-4,7-10,12H2,1H3. The maximum Gasteiger partial charge on any atom is 0.133 e. The third-order valence-corrected chi connectivity index (χ3v) is 5.24. The second-order valence-corrected chi connectivity index (χ2v) is 7.12. The second-order valence-electron chi connectivity index (χ2n) is 6.27. The number of ether oxygens (including phenoxy) is 2. The lowest BCUT2D eigenvalue weighted by Gasteiger charge is -2.33. The number of hydrogen-bond acceptors (Lipinski definition) is 2. The minimum atomic E-state index is 0.191. The fourth-order valence-electron chi connectivity index (χ4n) is 3.48. The molecule has 1 heterocycles. The lowest BCUT2D eigenvalue weighted by molar-refractivity contribution is -0.0749. The van der Waals surface area contributed by atoms with Gasteiger partial charge in [0.05, 0.1) is 16.2 Å². The molecule has 0 amide bonds. The van der Waals surface area contributed by atoms with Gasteiger partial charge >= 0.3 is 0 Å². The summed E-state index contributed by atoms with van der Waals surface area (Å²) in [6.45, 7) is 2.75. The third-order valence-electron chi connectivity index (χ3n) is 4.62. The Balaban J connectivity index is 1.54. The summed E-state index contributed by atoms with van der Waals surface area (Å²) in [6.07, 6.45) is 9.16. The molecule has 1 aromatic rings. The van der Waals surface area contributed by atoms with E-state index in [4.69, 9.17) is 9.47 Å². The van der Waals surface area contributed by atoms with Gasteiger partial charge in [-0.2, -0.15) is 0 Å². The molecule has 0 bridgehead atoms. The van der Waals surface area contributed by atoms with Crippen molar-refractivity contribution in [1.82, 2.24) is 0 Å². The predicted molar refractivity (Wildman–Crippen MR) is 84.3 cm³/mol. The lowest BCUT2D eigenvalue weighted by atomic mass is 9.83. The van der Waals surface area contributed by atoms with E-state index in [9.17, 15) is 0 Å². The van der Waals surface area contributed by atoms with Crippen molar-refractivity contribution in [2.24, 2.45) is 0 Å². The van der Waals surface area contributed by atoms with Crippen LogP contribution in [0.3, 0.4) is 0 Å². The van der Waals surface area contributed by atoms with Crippen LogP contribution in [0, 0.1) is 6.92 Å². The highest BCUT2D eigenvalue weighted by Gasteiger charge is 2.40. The molecule has 0 aromatic heterocycles. The molecule has 20 heavy (non-hydrogen) atoms. The van der Waals surface area contributed by atoms with Crippen LogP contribution >= 0.6 is 15.9 Å². The van der Waals surface area contributed by atoms with Gasteiger partial charge in [0.15, 0.2) is 0 Å². The van der Waals surface area contributed by atoms with Crippen LogP contribution in [0.25, 0.3) is 0 Å². The van der Waals surface area contributed by atoms with E-state index in [1.165, 1.54) is 44.1 Å². The van der Waals surface area contributed by atoms with Gasteiger partial charge in [-0.25, -0.2) is 0 Å². The lowest BCUT2D eigenvalue weighted by Crippen LogP contribution is -2.32. The Morgan fingerprint density at radius 1 is 1.25 bits per heavy atom. The number of halogens is 1. The first-order valence-corrected chi connectivity index (χ1v) is 8.53. The molecule has 1 atom stereocenters. The predicted octanol–water partition coefficient (Wildman–Crippen LogP) is 5.02. The van der Waals surface area contributed by atoms with E-state index in [0.29, 0.717) is 6.61 Å². The summed E-state index contributed by atoms with van der Waals surface area (Å²) in [4.78, 5) is 0. The van der Waals surface area contributed by atoms with E-state index in [-0.39, 0.29) is 11.7 Å². The smallest absolute Gasteiger partial charge is 0.133 e. The molecule has 3 heteroatoms. The first-order valence-electron chi connectivity index (χ1n) is 7.74. The molecule has 1 saturated heterocycles. The van der Waals surface area contributed by atoms with E-state index in [1.807, 2.05) is 6.07 Å². The van der Waals surface area contributed by atoms with Gasteiger partial charge in [-0.15, -0.1) is 0 Å². The van der Waals surface area contributed by atoms with Gasteiger partial charge in [0.2, 0.25) is 0 Å². The minimum Gasteiger partial charge on any atom is -0.490 e. The van der Waals surface area contributed by atoms with Crippen molar-refractivity contribution in [3.8, 4) is 5.75 Å². The molecule has 1 aliphatic heterocycles. The Bertz CT molecular complexity index is 466. The van der Waals surface area contributed by atoms with Crippen molar-refractivity contribution in [2.75, 3.05) is 6.61 Å². The van der Waals surface area contributed by atoms with Crippen molar-refractivity contribution in [1.29, 1.82) is 0 Å². The molecule has 0 N–H and O–H groups in total. The summed E-state index contributed by atoms with van der Waals surface area (Å²) in [5.41, 5.74) is 1.43. The zero-order chi connectivity index (χ0) is 14.0. The van der Waals surface area contributed by atoms with E-state index < -0.39 is 0 Å². The quantitative estimate of drug-likeness (QED) is 0.770. The van der Waals surface area contributed by atoms with Crippen molar-refractivity contribution in [3.05, 3.63) is 28.2 Å². The monoisotopic (exact) mass is 338 g/mol. The summed E-state index contributed by atoms with van der Waals surface area (Å²) in [5, 5.41) is 0. The van der Waals surface area contributed by atoms with E-state index in [1.54, 1.807) is 0 Å². The largest absolute Gasteiger partial charge is 0.490 e. The molecule has 0 radical (unpaired) electrons. The molecule has 2 fully saturated rings. The molecule has 2 nitrogen and oxygen atoms in total. The van der Waals surface area contributed by atoms with Crippen LogP contribution in [0.4, 0.5) is 0 Å². The summed E-state index contributed by atoms with van der Waals surface area (Å²) in [7, 11) is 0. The van der Waals surface area contributed by atoms with Gasteiger partial charge in [0.25, 0.3) is 0 Å². The molecule has 1 unspecified atom stereocenters. The third kappa shape index (κ3) is 3.20. The van der Waals surface area contributed by atoms with Gasteiger partial charge < -0.3 is 9.47 Å². The van der Waals surface area contributed by atoms with Crippen molar-refractivity contribution >= 4 is 15.9 Å². The highest BCUT2D eigenvalue weighted by atomic mass is 79.9. The molecule has 1 aromatic carbocycles. The number of rotatable bonds is 3. The van der Waals surface area contributed by atoms with Crippen LogP contribution in [0.1, 0.15) is 50.5 Å². The molecule has 2 aliphatic rings. The first-order chi connectivity index (χ1) is 9.67. The van der Waals surface area contributed by atoms with Gasteiger partial charge in [-0.05, 0) is 66.2 Å². The summed E-state index contributed by atoms with van der Waals surface area (Å²) in [6, 6.07) is 6.20. The van der Waals surface area contributed by atoms with Gasteiger partial charge in [0.1, 0.15) is 12.4 Å². The fraction of sp³-hybridized carbons (Fsp3) is 0.647. The second kappa shape index (κ2) is 6.07. The average Bonchev–Trinajstić information content (AvgIpc) is 2.82. The van der Waals surface area contributed by atoms with Crippen molar-refractivity contribution in [3.63, 3.8) is 0 Å². The Morgan fingerprint density at radius 2 is 2.05 bits per heavy atom. The Hall–Kier alpha value is -0.540. The fourth-order valence-corrected chi connectivity index (χ4v) is 4.09. The molecular formula is C17H23BrO2. The van der Waals surface area contributed by atoms with Crippen molar-refractivity contribution in [2.45, 2.75) is 63.6 Å². The van der Waals surface area contributed by atoms with Crippen LogP contribution in [-0.2, 0) is 4.74 Å². The van der Waals surface area contributed by atoms with E-state index in [0.717, 1.165) is 16.6 Å². The molecule has 1 spiro atoms. The van der Waals surface area contributed by atoms with E-state index in [2.05, 4.69) is 35.0 Å². The molecule has 110 valence electrons. The summed E-state index contributed by atoms with van der Waals surface area (Å²) >= 11 is 3.56. The first kappa shape index (κ1) is 14.4. The molecular weight excluding hydrogens is 316 g/mol. The van der Waals surface area contributed by atoms with Gasteiger partial charge in [0, 0.05) is 0 Å². The zero-order valence-corrected chi connectivity index (χ0v) is 13.7. The SMILES string of the molecule is Cc1ccc(OCC2CCC3(CCCCC3)O2)c(Br)c1. The highest BCUT2D eigenvalue weighted by Crippen LogP contribution is 2.42. The maximum atomic E-state index is 6.33. The summed E-state index contributed by atoms with van der Waals surface area (Å²) < 4.78 is 13.3. The normalized spacial score (nSPS) is 25.0. The Morgan fingerprint density at radius 3 is 2.80 bits per heavy atom. The molecule has 1 saturated carbocycles. The van der Waals surface area contributed by atoms with Crippen LogP contribution in [0.15, 0.2) is 22.7 Å². The van der Waals surface area contributed by atoms with Crippen LogP contribution < -0.4 is 4.74 Å². The van der Waals surface area contributed by atoms with Crippen LogP contribution in [0.5, 0.6) is 5.75 Å². The Kier molecular flexibility index (Phi) is 4.37. The zero-order valence-electron chi connectivity index (χ0n) is 12.2. The minimum absolute atomic E-state index is 0.191. The highest BCUT2D eigenvalue weighted by molar-refractivity contribution is 9.10.